The number of hydrazone groups is 1. The van der Waals surface area contributed by atoms with Crippen molar-refractivity contribution < 1.29 is 14.0 Å². The van der Waals surface area contributed by atoms with Crippen LogP contribution < -0.4 is 9.75 Å². The van der Waals surface area contributed by atoms with E-state index in [4.69, 9.17) is 14.6 Å². The number of benzene rings is 2. The molecule has 4 rings (SSSR count). The number of ether oxygens (including phenoxy) is 2. The molecule has 5 heteroatoms. The third-order valence-corrected chi connectivity index (χ3v) is 5.27. The van der Waals surface area contributed by atoms with Gasteiger partial charge in [0.05, 0.1) is 17.7 Å². The van der Waals surface area contributed by atoms with E-state index in [1.807, 2.05) is 30.4 Å². The van der Waals surface area contributed by atoms with Gasteiger partial charge in [-0.15, -0.1) is 0 Å². The first-order chi connectivity index (χ1) is 12.5. The van der Waals surface area contributed by atoms with Gasteiger partial charge in [0.25, 0.3) is 0 Å². The van der Waals surface area contributed by atoms with E-state index in [1.54, 1.807) is 0 Å². The van der Waals surface area contributed by atoms with Gasteiger partial charge in [-0.2, -0.15) is 9.68 Å². The van der Waals surface area contributed by atoms with Crippen LogP contribution in [-0.4, -0.2) is 37.4 Å². The molecule has 2 aromatic carbocycles. The minimum atomic E-state index is -0.0762. The van der Waals surface area contributed by atoms with Gasteiger partial charge in [-0.3, -0.25) is 5.01 Å². The molecule has 0 atom stereocenters. The van der Waals surface area contributed by atoms with Crippen molar-refractivity contribution in [3.63, 3.8) is 0 Å². The Hall–Kier alpha value is -2.66. The van der Waals surface area contributed by atoms with E-state index >= 15 is 0 Å². The Morgan fingerprint density at radius 2 is 2.00 bits per heavy atom. The maximum absolute atomic E-state index is 5.49. The summed E-state index contributed by atoms with van der Waals surface area (Å²) in [5, 5.41) is 6.59. The molecule has 0 amide bonds. The van der Waals surface area contributed by atoms with Crippen LogP contribution in [0.15, 0.2) is 47.6 Å². The van der Waals surface area contributed by atoms with Crippen LogP contribution in [0.1, 0.15) is 25.0 Å². The highest BCUT2D eigenvalue weighted by Gasteiger charge is 2.43. The molecule has 0 bridgehead atoms. The fraction of sp³-hybridized carbons (Fsp3) is 0.333. The Morgan fingerprint density at radius 1 is 1.19 bits per heavy atom. The van der Waals surface area contributed by atoms with E-state index in [9.17, 15) is 0 Å². The number of fused-ring (bicyclic) bond motifs is 2. The van der Waals surface area contributed by atoms with Gasteiger partial charge in [0.15, 0.2) is 6.79 Å². The molecule has 2 aliphatic heterocycles. The van der Waals surface area contributed by atoms with Crippen molar-refractivity contribution in [1.29, 1.82) is 0 Å². The molecule has 0 N–H and O–H groups in total. The number of hydrogen-bond donors (Lipinski definition) is 0. The molecule has 5 nitrogen and oxygen atoms in total. The monoisotopic (exact) mass is 350 g/mol. The van der Waals surface area contributed by atoms with Crippen molar-refractivity contribution in [2.24, 2.45) is 5.10 Å². The normalized spacial score (nSPS) is 17.8. The van der Waals surface area contributed by atoms with Crippen LogP contribution in [0.25, 0.3) is 0 Å². The third kappa shape index (κ3) is 2.69. The summed E-state index contributed by atoms with van der Waals surface area (Å²) in [6.07, 6.45) is 1.96. The molecule has 0 spiro atoms. The van der Waals surface area contributed by atoms with E-state index in [0.717, 1.165) is 17.0 Å². The SMILES string of the molecule is CN(/N=C/C1=[N+](C)c2ccccc2C1(C)C)c1ccc2c(c1)COCO2. The van der Waals surface area contributed by atoms with Gasteiger partial charge in [0, 0.05) is 24.2 Å². The second-order valence-corrected chi connectivity index (χ2v) is 7.26. The zero-order valence-electron chi connectivity index (χ0n) is 15.7. The quantitative estimate of drug-likeness (QED) is 0.481. The van der Waals surface area contributed by atoms with Gasteiger partial charge in [-0.25, -0.2) is 0 Å². The van der Waals surface area contributed by atoms with Crippen molar-refractivity contribution in [2.45, 2.75) is 25.9 Å². The van der Waals surface area contributed by atoms with Crippen LogP contribution in [0.5, 0.6) is 5.75 Å². The Kier molecular flexibility index (Phi) is 4.04. The Morgan fingerprint density at radius 3 is 2.81 bits per heavy atom. The number of anilines is 1. The number of nitrogens with zero attached hydrogens (tertiary/aromatic N) is 3. The second-order valence-electron chi connectivity index (χ2n) is 7.26. The Bertz CT molecular complexity index is 915. The summed E-state index contributed by atoms with van der Waals surface area (Å²) in [5.74, 6) is 0.888. The van der Waals surface area contributed by atoms with Gasteiger partial charge >= 0.3 is 0 Å². The predicted octanol–water partition coefficient (Wildman–Crippen LogP) is 3.68. The lowest BCUT2D eigenvalue weighted by atomic mass is 9.82. The minimum absolute atomic E-state index is 0.0762. The van der Waals surface area contributed by atoms with Crippen LogP contribution >= 0.6 is 0 Å². The fourth-order valence-corrected chi connectivity index (χ4v) is 3.72. The summed E-state index contributed by atoms with van der Waals surface area (Å²) >= 11 is 0. The number of para-hydroxylation sites is 1. The van der Waals surface area contributed by atoms with E-state index in [-0.39, 0.29) is 5.41 Å². The summed E-state index contributed by atoms with van der Waals surface area (Å²) < 4.78 is 13.1. The van der Waals surface area contributed by atoms with Gasteiger partial charge in [-0.05, 0) is 32.0 Å². The van der Waals surface area contributed by atoms with Crippen molar-refractivity contribution >= 4 is 23.3 Å². The second kappa shape index (κ2) is 6.25. The van der Waals surface area contributed by atoms with Crippen molar-refractivity contribution in [2.75, 3.05) is 25.9 Å². The first-order valence-corrected chi connectivity index (χ1v) is 8.80. The highest BCUT2D eigenvalue weighted by molar-refractivity contribution is 6.33. The largest absolute Gasteiger partial charge is 0.467 e. The van der Waals surface area contributed by atoms with Crippen molar-refractivity contribution in [3.8, 4) is 5.75 Å². The van der Waals surface area contributed by atoms with E-state index in [1.165, 1.54) is 17.0 Å². The molecule has 0 radical (unpaired) electrons. The van der Waals surface area contributed by atoms with Crippen LogP contribution in [-0.2, 0) is 16.8 Å². The zero-order valence-corrected chi connectivity index (χ0v) is 15.7. The third-order valence-electron chi connectivity index (χ3n) is 5.27. The van der Waals surface area contributed by atoms with Gasteiger partial charge in [0.1, 0.15) is 19.0 Å². The lowest BCUT2D eigenvalue weighted by Crippen LogP contribution is -2.30. The highest BCUT2D eigenvalue weighted by Crippen LogP contribution is 2.38. The molecular weight excluding hydrogens is 326 g/mol. The summed E-state index contributed by atoms with van der Waals surface area (Å²) in [6.45, 7) is 5.37. The molecule has 0 unspecified atom stereocenters. The van der Waals surface area contributed by atoms with Crippen LogP contribution in [0.2, 0.25) is 0 Å². The van der Waals surface area contributed by atoms with E-state index in [2.05, 4.69) is 55.8 Å². The first kappa shape index (κ1) is 16.8. The molecular formula is C21H24N3O2+. The van der Waals surface area contributed by atoms with Gasteiger partial charge in [-0.1, -0.05) is 18.2 Å². The highest BCUT2D eigenvalue weighted by atomic mass is 16.7. The molecule has 0 aromatic heterocycles. The topological polar surface area (TPSA) is 37.1 Å². The standard InChI is InChI=1S/C21H24N3O2/c1-21(2)17-7-5-6-8-18(17)23(3)20(21)12-22-24(4)16-9-10-19-15(11-16)13-25-14-26-19/h5-12H,13-14H2,1-4H3/q+1. The fourth-order valence-electron chi connectivity index (χ4n) is 3.72. The Balaban J connectivity index is 1.61. The molecule has 0 aliphatic carbocycles. The van der Waals surface area contributed by atoms with Crippen molar-refractivity contribution in [3.05, 3.63) is 53.6 Å². The Labute approximate surface area is 154 Å². The van der Waals surface area contributed by atoms with Crippen LogP contribution in [0.3, 0.4) is 0 Å². The number of hydrogen-bond acceptors (Lipinski definition) is 4. The summed E-state index contributed by atoms with van der Waals surface area (Å²) in [5.41, 5.74) is 5.72. The molecule has 0 saturated carbocycles. The van der Waals surface area contributed by atoms with Gasteiger partial charge < -0.3 is 9.47 Å². The maximum Gasteiger partial charge on any atom is 0.212 e. The van der Waals surface area contributed by atoms with E-state index < -0.39 is 0 Å². The van der Waals surface area contributed by atoms with Gasteiger partial charge in [0.2, 0.25) is 11.4 Å². The minimum Gasteiger partial charge on any atom is -0.467 e. The predicted molar refractivity (Wildman–Crippen MR) is 104 cm³/mol. The summed E-state index contributed by atoms with van der Waals surface area (Å²) in [7, 11) is 4.06. The smallest absolute Gasteiger partial charge is 0.212 e. The average Bonchev–Trinajstić information content (AvgIpc) is 2.86. The lowest BCUT2D eigenvalue weighted by molar-refractivity contribution is -0.400. The molecule has 2 heterocycles. The molecule has 2 aliphatic rings. The van der Waals surface area contributed by atoms with Crippen LogP contribution in [0.4, 0.5) is 11.4 Å². The van der Waals surface area contributed by atoms with Crippen LogP contribution in [0, 0.1) is 0 Å². The molecule has 0 fully saturated rings. The molecule has 26 heavy (non-hydrogen) atoms. The number of rotatable bonds is 3. The molecule has 2 aromatic rings. The first-order valence-electron chi connectivity index (χ1n) is 8.80. The zero-order chi connectivity index (χ0) is 18.3. The summed E-state index contributed by atoms with van der Waals surface area (Å²) in [6, 6.07) is 14.6. The average molecular weight is 350 g/mol. The van der Waals surface area contributed by atoms with E-state index in [0.29, 0.717) is 13.4 Å². The maximum atomic E-state index is 5.49. The molecule has 134 valence electrons. The molecule has 0 saturated heterocycles. The van der Waals surface area contributed by atoms with Crippen molar-refractivity contribution in [1.82, 2.24) is 0 Å². The summed E-state index contributed by atoms with van der Waals surface area (Å²) in [4.78, 5) is 0. The lowest BCUT2D eigenvalue weighted by Gasteiger charge is -2.20.